The number of hydrogen-bond donors (Lipinski definition) is 1. The van der Waals surface area contributed by atoms with E-state index in [-0.39, 0.29) is 5.91 Å². The van der Waals surface area contributed by atoms with Gasteiger partial charge in [-0.05, 0) is 74.0 Å². The van der Waals surface area contributed by atoms with Crippen molar-refractivity contribution < 1.29 is 13.9 Å². The van der Waals surface area contributed by atoms with Gasteiger partial charge in [0, 0.05) is 21.8 Å². The number of ether oxygens (including phenoxy) is 1. The summed E-state index contributed by atoms with van der Waals surface area (Å²) in [6.07, 6.45) is 1.66. The number of nitrogens with one attached hydrogen (secondary N) is 1. The van der Waals surface area contributed by atoms with Crippen LogP contribution in [0, 0.1) is 6.92 Å². The molecule has 4 rings (SSSR count). The van der Waals surface area contributed by atoms with E-state index >= 15 is 0 Å². The topological polar surface area (TPSA) is 64.4 Å². The molecule has 0 spiro atoms. The number of halogens is 1. The highest BCUT2D eigenvalue weighted by Gasteiger charge is 2.17. The molecule has 0 saturated carbocycles. The Hall–Kier alpha value is -3.57. The number of anilines is 1. The van der Waals surface area contributed by atoms with E-state index in [2.05, 4.69) is 10.3 Å². The Morgan fingerprint density at radius 2 is 1.87 bits per heavy atom. The van der Waals surface area contributed by atoms with Crippen LogP contribution in [0.5, 0.6) is 5.75 Å². The molecule has 0 fully saturated rings. The van der Waals surface area contributed by atoms with Crippen LogP contribution in [0.25, 0.3) is 22.8 Å². The van der Waals surface area contributed by atoms with Crippen LogP contribution in [0.2, 0.25) is 5.02 Å². The lowest BCUT2D eigenvalue weighted by molar-refractivity contribution is 0.102. The molecule has 4 aromatic rings. The summed E-state index contributed by atoms with van der Waals surface area (Å²) in [5.41, 5.74) is 3.54. The van der Waals surface area contributed by atoms with Gasteiger partial charge in [0.15, 0.2) is 5.76 Å². The molecule has 0 saturated heterocycles. The predicted molar refractivity (Wildman–Crippen MR) is 123 cm³/mol. The number of rotatable bonds is 6. The van der Waals surface area contributed by atoms with Gasteiger partial charge in [-0.1, -0.05) is 23.7 Å². The van der Waals surface area contributed by atoms with Gasteiger partial charge >= 0.3 is 0 Å². The Balaban J connectivity index is 1.61. The van der Waals surface area contributed by atoms with Gasteiger partial charge in [-0.3, -0.25) is 4.79 Å². The molecule has 31 heavy (non-hydrogen) atoms. The van der Waals surface area contributed by atoms with Crippen molar-refractivity contribution in [2.75, 3.05) is 11.9 Å². The van der Waals surface area contributed by atoms with Crippen molar-refractivity contribution in [1.82, 2.24) is 4.98 Å². The zero-order valence-electron chi connectivity index (χ0n) is 17.2. The lowest BCUT2D eigenvalue weighted by atomic mass is 10.1. The van der Waals surface area contributed by atoms with Crippen molar-refractivity contribution in [3.8, 4) is 28.5 Å². The van der Waals surface area contributed by atoms with Crippen LogP contribution >= 0.6 is 11.6 Å². The second-order valence-corrected chi connectivity index (χ2v) is 7.38. The van der Waals surface area contributed by atoms with Crippen LogP contribution in [0.4, 0.5) is 5.69 Å². The summed E-state index contributed by atoms with van der Waals surface area (Å²) in [5, 5.41) is 3.56. The Bertz CT molecular complexity index is 1220. The number of hydrogen-bond acceptors (Lipinski definition) is 4. The smallest absolute Gasteiger partial charge is 0.256 e. The third-order valence-corrected chi connectivity index (χ3v) is 5.03. The van der Waals surface area contributed by atoms with Crippen molar-refractivity contribution >= 4 is 23.2 Å². The Morgan fingerprint density at radius 3 is 2.61 bits per heavy atom. The molecular weight excluding hydrogens is 412 g/mol. The molecule has 3 aromatic carbocycles. The molecule has 0 bridgehead atoms. The summed E-state index contributed by atoms with van der Waals surface area (Å²) in [6, 6.07) is 20.2. The molecule has 1 amide bonds. The van der Waals surface area contributed by atoms with E-state index in [9.17, 15) is 4.79 Å². The first-order valence-electron chi connectivity index (χ1n) is 9.91. The highest BCUT2D eigenvalue weighted by Crippen LogP contribution is 2.30. The van der Waals surface area contributed by atoms with Crippen LogP contribution in [0.15, 0.2) is 77.3 Å². The maximum absolute atomic E-state index is 13.0. The zero-order valence-corrected chi connectivity index (χ0v) is 17.9. The molecule has 0 unspecified atom stereocenters. The van der Waals surface area contributed by atoms with Gasteiger partial charge < -0.3 is 14.5 Å². The number of nitrogens with zero attached hydrogens (tertiary/aromatic N) is 1. The lowest BCUT2D eigenvalue weighted by Gasteiger charge is -2.10. The fraction of sp³-hybridized carbons (Fsp3) is 0.120. The molecule has 1 heterocycles. The summed E-state index contributed by atoms with van der Waals surface area (Å²) in [5.74, 6) is 1.54. The van der Waals surface area contributed by atoms with Crippen molar-refractivity contribution in [1.29, 1.82) is 0 Å². The minimum Gasteiger partial charge on any atom is -0.494 e. The van der Waals surface area contributed by atoms with E-state index in [0.29, 0.717) is 40.1 Å². The second kappa shape index (κ2) is 9.06. The van der Waals surface area contributed by atoms with Crippen LogP contribution in [0.1, 0.15) is 22.8 Å². The molecular formula is C25H21ClN2O3. The van der Waals surface area contributed by atoms with E-state index < -0.39 is 0 Å². The maximum atomic E-state index is 13.0. The van der Waals surface area contributed by atoms with Crippen molar-refractivity contribution in [3.63, 3.8) is 0 Å². The summed E-state index contributed by atoms with van der Waals surface area (Å²) in [6.45, 7) is 4.45. The normalized spacial score (nSPS) is 10.7. The van der Waals surface area contributed by atoms with E-state index in [1.165, 1.54) is 0 Å². The number of aromatic nitrogens is 1. The van der Waals surface area contributed by atoms with E-state index in [4.69, 9.17) is 20.8 Å². The molecule has 0 aliphatic rings. The quantitative estimate of drug-likeness (QED) is 0.371. The minimum absolute atomic E-state index is 0.248. The largest absolute Gasteiger partial charge is 0.494 e. The third kappa shape index (κ3) is 4.62. The fourth-order valence-electron chi connectivity index (χ4n) is 3.24. The van der Waals surface area contributed by atoms with E-state index in [1.807, 2.05) is 56.3 Å². The number of aryl methyl sites for hydroxylation is 1. The average Bonchev–Trinajstić information content (AvgIpc) is 3.26. The summed E-state index contributed by atoms with van der Waals surface area (Å²) < 4.78 is 11.5. The van der Waals surface area contributed by atoms with Crippen LogP contribution in [-0.4, -0.2) is 17.5 Å². The molecule has 0 radical (unpaired) electrons. The fourth-order valence-corrected chi connectivity index (χ4v) is 3.47. The van der Waals surface area contributed by atoms with Gasteiger partial charge in [-0.15, -0.1) is 0 Å². The monoisotopic (exact) mass is 432 g/mol. The van der Waals surface area contributed by atoms with E-state index in [0.717, 1.165) is 16.9 Å². The van der Waals surface area contributed by atoms with Crippen LogP contribution < -0.4 is 10.1 Å². The first-order chi connectivity index (χ1) is 15.0. The standard InChI is InChI=1S/C25H21ClN2O3/c1-3-30-19-11-8-17(9-12-19)23-15-27-25(31-23)21-7-5-4-6-20(21)24(29)28-22-13-10-18(26)14-16(22)2/h4-15H,3H2,1-2H3,(H,28,29). The Labute approximate surface area is 185 Å². The Morgan fingerprint density at radius 1 is 1.10 bits per heavy atom. The molecule has 0 atom stereocenters. The van der Waals surface area contributed by atoms with Gasteiger partial charge in [0.1, 0.15) is 5.75 Å². The zero-order chi connectivity index (χ0) is 21.8. The number of carbonyl (C=O) groups is 1. The third-order valence-electron chi connectivity index (χ3n) is 4.79. The van der Waals surface area contributed by atoms with Crippen LogP contribution in [-0.2, 0) is 0 Å². The Kier molecular flexibility index (Phi) is 6.05. The molecule has 156 valence electrons. The number of carbonyl (C=O) groups excluding carboxylic acids is 1. The highest BCUT2D eigenvalue weighted by molar-refractivity contribution is 6.30. The van der Waals surface area contributed by atoms with Crippen molar-refractivity contribution in [2.24, 2.45) is 0 Å². The number of amides is 1. The average molecular weight is 433 g/mol. The number of benzene rings is 3. The molecule has 6 heteroatoms. The minimum atomic E-state index is -0.248. The van der Waals surface area contributed by atoms with Gasteiger partial charge in [-0.2, -0.15) is 0 Å². The van der Waals surface area contributed by atoms with Gasteiger partial charge in [0.05, 0.1) is 18.4 Å². The summed E-state index contributed by atoms with van der Waals surface area (Å²) in [4.78, 5) is 17.4. The molecule has 5 nitrogen and oxygen atoms in total. The lowest BCUT2D eigenvalue weighted by Crippen LogP contribution is -2.14. The molecule has 0 aliphatic heterocycles. The maximum Gasteiger partial charge on any atom is 0.256 e. The SMILES string of the molecule is CCOc1ccc(-c2cnc(-c3ccccc3C(=O)Nc3ccc(Cl)cc3C)o2)cc1. The van der Waals surface area contributed by atoms with Crippen LogP contribution in [0.3, 0.4) is 0 Å². The molecule has 0 aliphatic carbocycles. The van der Waals surface area contributed by atoms with Crippen molar-refractivity contribution in [2.45, 2.75) is 13.8 Å². The number of oxazole rings is 1. The molecule has 1 N–H and O–H groups in total. The summed E-state index contributed by atoms with van der Waals surface area (Å²) >= 11 is 6.01. The van der Waals surface area contributed by atoms with Gasteiger partial charge in [0.2, 0.25) is 5.89 Å². The first-order valence-corrected chi connectivity index (χ1v) is 10.3. The predicted octanol–water partition coefficient (Wildman–Crippen LogP) is 6.62. The van der Waals surface area contributed by atoms with Crippen molar-refractivity contribution in [3.05, 3.63) is 89.1 Å². The molecule has 1 aromatic heterocycles. The first kappa shape index (κ1) is 20.7. The van der Waals surface area contributed by atoms with Gasteiger partial charge in [-0.25, -0.2) is 4.98 Å². The highest BCUT2D eigenvalue weighted by atomic mass is 35.5. The van der Waals surface area contributed by atoms with E-state index in [1.54, 1.807) is 30.5 Å². The second-order valence-electron chi connectivity index (χ2n) is 6.95. The summed E-state index contributed by atoms with van der Waals surface area (Å²) in [7, 11) is 0. The van der Waals surface area contributed by atoms with Gasteiger partial charge in [0.25, 0.3) is 5.91 Å².